The van der Waals surface area contributed by atoms with Crippen LogP contribution in [0, 0.1) is 0 Å². The molecule has 1 heterocycles. The number of carbonyl (C=O) groups excluding carboxylic acids is 2. The van der Waals surface area contributed by atoms with Gasteiger partial charge in [-0.1, -0.05) is 34.9 Å². The predicted molar refractivity (Wildman–Crippen MR) is 82.5 cm³/mol. The quantitative estimate of drug-likeness (QED) is 0.577. The van der Waals surface area contributed by atoms with Crippen molar-refractivity contribution in [3.63, 3.8) is 0 Å². The lowest BCUT2D eigenvalue weighted by Gasteiger charge is -2.27. The molecule has 6 nitrogen and oxygen atoms in total. The first-order valence-electron chi connectivity index (χ1n) is 7.33. The molecule has 122 valence electrons. The van der Waals surface area contributed by atoms with Gasteiger partial charge in [0.15, 0.2) is 5.62 Å². The highest BCUT2D eigenvalue weighted by Crippen LogP contribution is 2.36. The number of fused-ring (bicyclic) bond motifs is 1. The molecule has 1 aliphatic carbocycles. The molecule has 0 radical (unpaired) electrons. The van der Waals surface area contributed by atoms with E-state index in [-0.39, 0.29) is 25.3 Å². The molecule has 1 saturated heterocycles. The second kappa shape index (κ2) is 6.60. The third kappa shape index (κ3) is 2.79. The molecule has 2 atom stereocenters. The first-order valence-corrected chi connectivity index (χ1v) is 7.77. The fraction of sp³-hybridized carbons (Fsp3) is 0.600. The minimum Gasteiger partial charge on any atom is -0.450 e. The Morgan fingerprint density at radius 1 is 1.00 bits per heavy atom. The summed E-state index contributed by atoms with van der Waals surface area (Å²) in [5, 5.41) is 0. The van der Waals surface area contributed by atoms with E-state index in [2.05, 4.69) is 0 Å². The zero-order valence-corrected chi connectivity index (χ0v) is 14.0. The van der Waals surface area contributed by atoms with Crippen LogP contribution in [0.1, 0.15) is 27.7 Å². The number of hydrogen-bond donors (Lipinski definition) is 0. The van der Waals surface area contributed by atoms with Crippen LogP contribution in [0.5, 0.6) is 0 Å². The Kier molecular flexibility index (Phi) is 5.01. The van der Waals surface area contributed by atoms with Crippen LogP contribution in [0.15, 0.2) is 23.3 Å². The lowest BCUT2D eigenvalue weighted by Crippen LogP contribution is -2.43. The van der Waals surface area contributed by atoms with Crippen LogP contribution < -0.4 is 0 Å². The number of carbonyl (C=O) groups is 2. The first-order chi connectivity index (χ1) is 10.4. The minimum atomic E-state index is -0.945. The number of rotatable bonds is 2. The zero-order valence-electron chi connectivity index (χ0n) is 13.2. The van der Waals surface area contributed by atoms with E-state index in [4.69, 9.17) is 21.1 Å². The van der Waals surface area contributed by atoms with Gasteiger partial charge in [-0.2, -0.15) is 0 Å². The van der Waals surface area contributed by atoms with Gasteiger partial charge in [0.1, 0.15) is 0 Å². The van der Waals surface area contributed by atoms with Gasteiger partial charge in [0.25, 0.3) is 0 Å². The Bertz CT molecular complexity index is 486. The largest absolute Gasteiger partial charge is 0.450 e. The molecule has 0 N–H and O–H groups in total. The molecule has 2 unspecified atom stereocenters. The number of ether oxygens (including phenoxy) is 2. The summed E-state index contributed by atoms with van der Waals surface area (Å²) in [5.74, 6) is 0. The van der Waals surface area contributed by atoms with Crippen molar-refractivity contribution in [2.24, 2.45) is 0 Å². The molecule has 2 aliphatic rings. The Morgan fingerprint density at radius 2 is 1.36 bits per heavy atom. The summed E-state index contributed by atoms with van der Waals surface area (Å²) < 4.78 is 10.1. The molecule has 22 heavy (non-hydrogen) atoms. The molecule has 0 aromatic heterocycles. The second-order valence-electron chi connectivity index (χ2n) is 5.20. The summed E-state index contributed by atoms with van der Waals surface area (Å²) in [6, 6.07) is -0.704. The summed E-state index contributed by atoms with van der Waals surface area (Å²) in [6.07, 6.45) is 2.79. The summed E-state index contributed by atoms with van der Waals surface area (Å²) in [7, 11) is 0. The third-order valence-electron chi connectivity index (χ3n) is 3.87. The maximum atomic E-state index is 12.2. The first kappa shape index (κ1) is 16.7. The van der Waals surface area contributed by atoms with E-state index in [0.717, 1.165) is 11.1 Å². The van der Waals surface area contributed by atoms with Crippen molar-refractivity contribution in [3.8, 4) is 0 Å². The van der Waals surface area contributed by atoms with Crippen molar-refractivity contribution < 1.29 is 19.1 Å². The van der Waals surface area contributed by atoms with Crippen molar-refractivity contribution in [2.75, 3.05) is 13.2 Å². The number of amides is 2. The van der Waals surface area contributed by atoms with Crippen molar-refractivity contribution >= 4 is 23.8 Å². The van der Waals surface area contributed by atoms with Gasteiger partial charge < -0.3 is 9.47 Å². The van der Waals surface area contributed by atoms with Crippen LogP contribution in [-0.2, 0) is 9.47 Å². The number of allylic oxidation sites excluding steroid dienone is 2. The fourth-order valence-electron chi connectivity index (χ4n) is 2.69. The molecule has 0 bridgehead atoms. The summed E-state index contributed by atoms with van der Waals surface area (Å²) in [6.45, 7) is 7.86. The molecule has 1 aliphatic heterocycles. The van der Waals surface area contributed by atoms with Gasteiger partial charge in [-0.15, -0.1) is 0 Å². The van der Waals surface area contributed by atoms with Crippen LogP contribution in [0.25, 0.3) is 0 Å². The lowest BCUT2D eigenvalue weighted by atomic mass is 9.93. The standard InChI is InChI=1S/C15H21ClN2O4/c1-5-21-14(19)17-11-7-9(3)10(4)8-12(11)18(13(17)16)15(20)22-6-2/h7-8,11-13H,5-6H2,1-4H3. The molecule has 2 rings (SSSR count). The van der Waals surface area contributed by atoms with E-state index in [0.29, 0.717) is 0 Å². The Morgan fingerprint density at radius 3 is 1.68 bits per heavy atom. The molecular weight excluding hydrogens is 308 g/mol. The Hall–Kier alpha value is -1.69. The number of hydrogen-bond acceptors (Lipinski definition) is 4. The molecule has 0 aromatic rings. The number of alkyl halides is 1. The zero-order chi connectivity index (χ0) is 16.4. The fourth-order valence-corrected chi connectivity index (χ4v) is 3.11. The Balaban J connectivity index is 2.38. The monoisotopic (exact) mass is 328 g/mol. The van der Waals surface area contributed by atoms with Gasteiger partial charge in [0, 0.05) is 0 Å². The molecule has 1 fully saturated rings. The topological polar surface area (TPSA) is 59.1 Å². The van der Waals surface area contributed by atoms with Gasteiger partial charge in [-0.25, -0.2) is 9.59 Å². The van der Waals surface area contributed by atoms with Crippen LogP contribution in [0.3, 0.4) is 0 Å². The molecular formula is C15H21ClN2O4. The van der Waals surface area contributed by atoms with Crippen LogP contribution in [0.2, 0.25) is 0 Å². The second-order valence-corrected chi connectivity index (χ2v) is 5.59. The van der Waals surface area contributed by atoms with Gasteiger partial charge in [0.05, 0.1) is 25.3 Å². The van der Waals surface area contributed by atoms with Gasteiger partial charge in [-0.3, -0.25) is 9.80 Å². The maximum absolute atomic E-state index is 12.2. The smallest absolute Gasteiger partial charge is 0.412 e. The summed E-state index contributed by atoms with van der Waals surface area (Å²) in [4.78, 5) is 27.2. The molecule has 0 aromatic carbocycles. The van der Waals surface area contributed by atoms with Crippen molar-refractivity contribution in [2.45, 2.75) is 45.4 Å². The highest BCUT2D eigenvalue weighted by molar-refractivity contribution is 6.22. The van der Waals surface area contributed by atoms with Crippen molar-refractivity contribution in [1.29, 1.82) is 0 Å². The maximum Gasteiger partial charge on any atom is 0.412 e. The molecule has 0 spiro atoms. The van der Waals surface area contributed by atoms with Crippen molar-refractivity contribution in [3.05, 3.63) is 23.3 Å². The van der Waals surface area contributed by atoms with E-state index in [1.807, 2.05) is 26.0 Å². The number of nitrogens with zero attached hydrogens (tertiary/aromatic N) is 2. The van der Waals surface area contributed by atoms with Crippen molar-refractivity contribution in [1.82, 2.24) is 9.80 Å². The van der Waals surface area contributed by atoms with E-state index < -0.39 is 17.8 Å². The SMILES string of the molecule is CCOC(=O)N1C2C=C(C)C(C)=CC2N(C(=O)OCC)C1Cl. The van der Waals surface area contributed by atoms with E-state index in [9.17, 15) is 9.59 Å². The van der Waals surface area contributed by atoms with Crippen LogP contribution in [0.4, 0.5) is 9.59 Å². The normalized spacial score (nSPS) is 27.0. The molecule has 0 saturated carbocycles. The average molecular weight is 329 g/mol. The minimum absolute atomic E-state index is 0.243. The van der Waals surface area contributed by atoms with E-state index in [1.165, 1.54) is 9.80 Å². The van der Waals surface area contributed by atoms with Crippen LogP contribution in [-0.4, -0.2) is 52.9 Å². The van der Waals surface area contributed by atoms with Gasteiger partial charge in [0.2, 0.25) is 0 Å². The van der Waals surface area contributed by atoms with E-state index in [1.54, 1.807) is 13.8 Å². The summed E-state index contributed by atoms with van der Waals surface area (Å²) in [5.41, 5.74) is 1.15. The van der Waals surface area contributed by atoms with Crippen LogP contribution >= 0.6 is 11.6 Å². The third-order valence-corrected chi connectivity index (χ3v) is 4.29. The molecule has 7 heteroatoms. The number of halogens is 1. The predicted octanol–water partition coefficient (Wildman–Crippen LogP) is 3.08. The summed E-state index contributed by atoms with van der Waals surface area (Å²) >= 11 is 6.37. The van der Waals surface area contributed by atoms with Gasteiger partial charge in [-0.05, 0) is 27.7 Å². The molecule has 2 amide bonds. The average Bonchev–Trinajstić information content (AvgIpc) is 2.71. The van der Waals surface area contributed by atoms with Gasteiger partial charge >= 0.3 is 12.2 Å². The lowest BCUT2D eigenvalue weighted by molar-refractivity contribution is 0.0821. The van der Waals surface area contributed by atoms with E-state index >= 15 is 0 Å². The Labute approximate surface area is 135 Å². The highest BCUT2D eigenvalue weighted by atomic mass is 35.5. The highest BCUT2D eigenvalue weighted by Gasteiger charge is 2.51.